The van der Waals surface area contributed by atoms with E-state index >= 15 is 0 Å². The summed E-state index contributed by atoms with van der Waals surface area (Å²) in [6.45, 7) is 4.49. The molecule has 1 aromatic carbocycles. The van der Waals surface area contributed by atoms with Gasteiger partial charge in [0.2, 0.25) is 0 Å². The first-order valence-electron chi connectivity index (χ1n) is 6.46. The number of aryl methyl sites for hydroxylation is 1. The molecule has 0 bridgehead atoms. The standard InChI is InChI=1S/C15H18ClN3O/c1-3-20-12-7-11(8-18-9-12)15(19-17)13-6-4-5-10(2)14(13)16/h4-9,15,19H,3,17H2,1-2H3. The van der Waals surface area contributed by atoms with E-state index in [2.05, 4.69) is 10.4 Å². The Labute approximate surface area is 123 Å². The Morgan fingerprint density at radius 1 is 1.40 bits per heavy atom. The van der Waals surface area contributed by atoms with Crippen molar-refractivity contribution in [2.45, 2.75) is 19.9 Å². The number of hydrogen-bond acceptors (Lipinski definition) is 4. The van der Waals surface area contributed by atoms with Crippen LogP contribution in [0.2, 0.25) is 5.02 Å². The molecule has 0 aliphatic rings. The van der Waals surface area contributed by atoms with E-state index in [1.54, 1.807) is 12.4 Å². The van der Waals surface area contributed by atoms with Crippen LogP contribution in [0.1, 0.15) is 29.7 Å². The maximum atomic E-state index is 6.37. The van der Waals surface area contributed by atoms with Gasteiger partial charge in [-0.1, -0.05) is 29.8 Å². The van der Waals surface area contributed by atoms with Crippen LogP contribution in [0.25, 0.3) is 0 Å². The monoisotopic (exact) mass is 291 g/mol. The third-order valence-corrected chi connectivity index (χ3v) is 3.59. The minimum Gasteiger partial charge on any atom is -0.492 e. The molecule has 0 radical (unpaired) electrons. The zero-order valence-corrected chi connectivity index (χ0v) is 12.3. The summed E-state index contributed by atoms with van der Waals surface area (Å²) in [7, 11) is 0. The van der Waals surface area contributed by atoms with Crippen LogP contribution >= 0.6 is 11.6 Å². The molecule has 2 rings (SSSR count). The van der Waals surface area contributed by atoms with Gasteiger partial charge in [-0.05, 0) is 36.6 Å². The number of ether oxygens (including phenoxy) is 1. The van der Waals surface area contributed by atoms with Gasteiger partial charge in [0.15, 0.2) is 0 Å². The zero-order valence-electron chi connectivity index (χ0n) is 11.6. The Balaban J connectivity index is 2.41. The number of rotatable bonds is 5. The van der Waals surface area contributed by atoms with Gasteiger partial charge in [0.25, 0.3) is 0 Å². The van der Waals surface area contributed by atoms with E-state index in [0.717, 1.165) is 16.7 Å². The third kappa shape index (κ3) is 3.10. The van der Waals surface area contributed by atoms with Gasteiger partial charge in [-0.15, -0.1) is 0 Å². The van der Waals surface area contributed by atoms with Crippen LogP contribution < -0.4 is 16.0 Å². The number of pyridine rings is 1. The van der Waals surface area contributed by atoms with Crippen molar-refractivity contribution in [3.63, 3.8) is 0 Å². The van der Waals surface area contributed by atoms with Crippen molar-refractivity contribution in [3.8, 4) is 5.75 Å². The molecule has 0 aliphatic carbocycles. The maximum Gasteiger partial charge on any atom is 0.137 e. The smallest absolute Gasteiger partial charge is 0.137 e. The van der Waals surface area contributed by atoms with Gasteiger partial charge in [-0.25, -0.2) is 5.43 Å². The molecule has 1 unspecified atom stereocenters. The van der Waals surface area contributed by atoms with Gasteiger partial charge in [0.05, 0.1) is 18.8 Å². The van der Waals surface area contributed by atoms with E-state index in [-0.39, 0.29) is 6.04 Å². The van der Waals surface area contributed by atoms with Crippen LogP contribution in [0.15, 0.2) is 36.7 Å². The molecule has 0 fully saturated rings. The molecule has 3 N–H and O–H groups in total. The van der Waals surface area contributed by atoms with Crippen molar-refractivity contribution in [1.82, 2.24) is 10.4 Å². The fraction of sp³-hybridized carbons (Fsp3) is 0.267. The summed E-state index contributed by atoms with van der Waals surface area (Å²) >= 11 is 6.37. The largest absolute Gasteiger partial charge is 0.492 e. The molecule has 1 atom stereocenters. The van der Waals surface area contributed by atoms with E-state index < -0.39 is 0 Å². The Morgan fingerprint density at radius 2 is 2.20 bits per heavy atom. The normalized spacial score (nSPS) is 12.2. The lowest BCUT2D eigenvalue weighted by molar-refractivity contribution is 0.338. The van der Waals surface area contributed by atoms with Gasteiger partial charge in [-0.2, -0.15) is 0 Å². The molecular formula is C15H18ClN3O. The van der Waals surface area contributed by atoms with E-state index in [0.29, 0.717) is 17.4 Å². The molecule has 1 aromatic heterocycles. The SMILES string of the molecule is CCOc1cncc(C(NN)c2cccc(C)c2Cl)c1. The van der Waals surface area contributed by atoms with Crippen LogP contribution in [-0.2, 0) is 0 Å². The number of hydrogen-bond donors (Lipinski definition) is 2. The average Bonchev–Trinajstić information content (AvgIpc) is 2.45. The number of benzene rings is 1. The molecule has 0 aliphatic heterocycles. The van der Waals surface area contributed by atoms with E-state index in [9.17, 15) is 0 Å². The molecule has 0 amide bonds. The molecule has 106 valence electrons. The first-order chi connectivity index (χ1) is 9.67. The zero-order chi connectivity index (χ0) is 14.5. The fourth-order valence-corrected chi connectivity index (χ4v) is 2.33. The van der Waals surface area contributed by atoms with Crippen molar-refractivity contribution in [2.75, 3.05) is 6.61 Å². The highest BCUT2D eigenvalue weighted by Crippen LogP contribution is 2.30. The van der Waals surface area contributed by atoms with E-state index in [1.807, 2.05) is 38.1 Å². The minimum atomic E-state index is -0.227. The second-order valence-corrected chi connectivity index (χ2v) is 4.84. The molecule has 20 heavy (non-hydrogen) atoms. The van der Waals surface area contributed by atoms with Gasteiger partial charge in [0, 0.05) is 11.2 Å². The average molecular weight is 292 g/mol. The van der Waals surface area contributed by atoms with Crippen molar-refractivity contribution in [3.05, 3.63) is 58.4 Å². The Morgan fingerprint density at radius 3 is 2.90 bits per heavy atom. The van der Waals surface area contributed by atoms with Crippen molar-refractivity contribution < 1.29 is 4.74 Å². The second kappa shape index (κ2) is 6.70. The topological polar surface area (TPSA) is 60.2 Å². The fourth-order valence-electron chi connectivity index (χ4n) is 2.10. The summed E-state index contributed by atoms with van der Waals surface area (Å²) in [4.78, 5) is 4.19. The van der Waals surface area contributed by atoms with Crippen LogP contribution in [0.4, 0.5) is 0 Å². The number of nitrogens with one attached hydrogen (secondary N) is 1. The van der Waals surface area contributed by atoms with Crippen LogP contribution in [-0.4, -0.2) is 11.6 Å². The molecule has 4 nitrogen and oxygen atoms in total. The third-order valence-electron chi connectivity index (χ3n) is 3.08. The van der Waals surface area contributed by atoms with Crippen molar-refractivity contribution in [2.24, 2.45) is 5.84 Å². The minimum absolute atomic E-state index is 0.227. The lowest BCUT2D eigenvalue weighted by Gasteiger charge is -2.19. The van der Waals surface area contributed by atoms with E-state index in [1.165, 1.54) is 0 Å². The van der Waals surface area contributed by atoms with Crippen LogP contribution in [0, 0.1) is 6.92 Å². The number of nitrogens with zero attached hydrogens (tertiary/aromatic N) is 1. The number of hydrazine groups is 1. The number of aromatic nitrogens is 1. The second-order valence-electron chi connectivity index (χ2n) is 4.46. The van der Waals surface area contributed by atoms with Gasteiger partial charge >= 0.3 is 0 Å². The summed E-state index contributed by atoms with van der Waals surface area (Å²) in [5, 5.41) is 0.706. The molecule has 0 saturated heterocycles. The number of nitrogens with two attached hydrogens (primary N) is 1. The first kappa shape index (κ1) is 14.8. The molecule has 0 saturated carbocycles. The number of halogens is 1. The molecule has 1 heterocycles. The highest BCUT2D eigenvalue weighted by molar-refractivity contribution is 6.32. The van der Waals surface area contributed by atoms with Crippen molar-refractivity contribution in [1.29, 1.82) is 0 Å². The summed E-state index contributed by atoms with van der Waals surface area (Å²) in [5.41, 5.74) is 5.63. The Bertz CT molecular complexity index is 589. The summed E-state index contributed by atoms with van der Waals surface area (Å²) in [6.07, 6.45) is 3.43. The Kier molecular flexibility index (Phi) is 4.95. The van der Waals surface area contributed by atoms with Gasteiger partial charge < -0.3 is 4.74 Å². The molecule has 5 heteroatoms. The summed E-state index contributed by atoms with van der Waals surface area (Å²) < 4.78 is 5.47. The first-order valence-corrected chi connectivity index (χ1v) is 6.84. The highest BCUT2D eigenvalue weighted by Gasteiger charge is 2.17. The maximum absolute atomic E-state index is 6.37. The molecular weight excluding hydrogens is 274 g/mol. The lowest BCUT2D eigenvalue weighted by Crippen LogP contribution is -2.29. The molecule has 0 spiro atoms. The van der Waals surface area contributed by atoms with Gasteiger partial charge in [-0.3, -0.25) is 10.8 Å². The predicted molar refractivity (Wildman–Crippen MR) is 80.8 cm³/mol. The van der Waals surface area contributed by atoms with Crippen molar-refractivity contribution >= 4 is 11.6 Å². The summed E-state index contributed by atoms with van der Waals surface area (Å²) in [6, 6.07) is 7.57. The van der Waals surface area contributed by atoms with E-state index in [4.69, 9.17) is 22.2 Å². The van der Waals surface area contributed by atoms with Crippen LogP contribution in [0.3, 0.4) is 0 Å². The van der Waals surface area contributed by atoms with Crippen LogP contribution in [0.5, 0.6) is 5.75 Å². The van der Waals surface area contributed by atoms with Gasteiger partial charge in [0.1, 0.15) is 5.75 Å². The Hall–Kier alpha value is -1.62. The summed E-state index contributed by atoms with van der Waals surface area (Å²) in [5.74, 6) is 6.42. The highest BCUT2D eigenvalue weighted by atomic mass is 35.5. The lowest BCUT2D eigenvalue weighted by atomic mass is 9.99. The molecule has 2 aromatic rings. The predicted octanol–water partition coefficient (Wildman–Crippen LogP) is 2.99. The quantitative estimate of drug-likeness (QED) is 0.657.